The van der Waals surface area contributed by atoms with Crippen molar-refractivity contribution in [1.29, 1.82) is 0 Å². The van der Waals surface area contributed by atoms with Crippen molar-refractivity contribution in [2.24, 2.45) is 5.73 Å². The fraction of sp³-hybridized carbons (Fsp3) is 0.455. The van der Waals surface area contributed by atoms with Gasteiger partial charge in [0.1, 0.15) is 0 Å². The minimum absolute atomic E-state index is 0.226. The number of nitrogens with two attached hydrogens (primary N) is 1. The number of hydrogen-bond acceptors (Lipinski definition) is 4. The van der Waals surface area contributed by atoms with Crippen molar-refractivity contribution in [3.8, 4) is 0 Å². The minimum Gasteiger partial charge on any atom is -0.351 e. The van der Waals surface area contributed by atoms with E-state index in [2.05, 4.69) is 21.7 Å². The molecule has 1 aromatic heterocycles. The number of thiophene rings is 1. The van der Waals surface area contributed by atoms with Gasteiger partial charge in [-0.2, -0.15) is 11.3 Å². The highest BCUT2D eigenvalue weighted by Crippen LogP contribution is 2.32. The molecule has 6 heteroatoms. The van der Waals surface area contributed by atoms with E-state index in [4.69, 9.17) is 5.73 Å². The van der Waals surface area contributed by atoms with Crippen molar-refractivity contribution in [3.63, 3.8) is 0 Å². The Balaban J connectivity index is 1.96. The summed E-state index contributed by atoms with van der Waals surface area (Å²) in [5.74, 6) is -0.334. The maximum Gasteiger partial charge on any atom is 0.318 e. The van der Waals surface area contributed by atoms with Crippen LogP contribution in [0.3, 0.4) is 0 Å². The number of urea groups is 1. The zero-order valence-corrected chi connectivity index (χ0v) is 10.2. The SMILES string of the molecule is NC(=O)NC(=O)CN1CCC[C@@H]1c1ccsc1. The molecule has 1 saturated heterocycles. The molecule has 1 atom stereocenters. The van der Waals surface area contributed by atoms with Crippen LogP contribution in [0.1, 0.15) is 24.4 Å². The lowest BCUT2D eigenvalue weighted by Gasteiger charge is -2.22. The first-order chi connectivity index (χ1) is 8.16. The highest BCUT2D eigenvalue weighted by atomic mass is 32.1. The number of nitrogens with one attached hydrogen (secondary N) is 1. The van der Waals surface area contributed by atoms with Crippen molar-refractivity contribution >= 4 is 23.3 Å². The Morgan fingerprint density at radius 1 is 1.59 bits per heavy atom. The van der Waals surface area contributed by atoms with Gasteiger partial charge in [0, 0.05) is 6.04 Å². The van der Waals surface area contributed by atoms with Crippen LogP contribution < -0.4 is 11.1 Å². The summed E-state index contributed by atoms with van der Waals surface area (Å²) in [6, 6.07) is 1.58. The van der Waals surface area contributed by atoms with Crippen molar-refractivity contribution in [2.75, 3.05) is 13.1 Å². The largest absolute Gasteiger partial charge is 0.351 e. The summed E-state index contributed by atoms with van der Waals surface area (Å²) in [6.07, 6.45) is 2.13. The first kappa shape index (κ1) is 12.1. The van der Waals surface area contributed by atoms with Crippen molar-refractivity contribution < 1.29 is 9.59 Å². The number of primary amides is 1. The second-order valence-corrected chi connectivity index (χ2v) is 4.88. The van der Waals surface area contributed by atoms with Gasteiger partial charge in [-0.1, -0.05) is 0 Å². The third-order valence-electron chi connectivity index (χ3n) is 2.90. The van der Waals surface area contributed by atoms with Crippen LogP contribution >= 0.6 is 11.3 Å². The lowest BCUT2D eigenvalue weighted by atomic mass is 10.1. The fourth-order valence-electron chi connectivity index (χ4n) is 2.22. The summed E-state index contributed by atoms with van der Waals surface area (Å²) in [6.45, 7) is 1.11. The number of carbonyl (C=O) groups excluding carboxylic acids is 2. The van der Waals surface area contributed by atoms with E-state index in [0.717, 1.165) is 19.4 Å². The standard InChI is InChI=1S/C11H15N3O2S/c12-11(16)13-10(15)6-14-4-1-2-9(14)8-3-5-17-7-8/h3,5,7,9H,1-2,4,6H2,(H3,12,13,15,16)/t9-/m1/s1. The quantitative estimate of drug-likeness (QED) is 0.846. The van der Waals surface area contributed by atoms with Crippen LogP contribution in [0.2, 0.25) is 0 Å². The lowest BCUT2D eigenvalue weighted by molar-refractivity contribution is -0.121. The van der Waals surface area contributed by atoms with Gasteiger partial charge in [-0.25, -0.2) is 4.79 Å². The van der Waals surface area contributed by atoms with Crippen molar-refractivity contribution in [1.82, 2.24) is 10.2 Å². The van der Waals surface area contributed by atoms with Crippen LogP contribution in [0, 0.1) is 0 Å². The Morgan fingerprint density at radius 2 is 2.41 bits per heavy atom. The number of carbonyl (C=O) groups is 2. The van der Waals surface area contributed by atoms with Crippen molar-refractivity contribution in [2.45, 2.75) is 18.9 Å². The molecule has 0 spiro atoms. The molecule has 5 nitrogen and oxygen atoms in total. The fourth-order valence-corrected chi connectivity index (χ4v) is 2.93. The summed E-state index contributed by atoms with van der Waals surface area (Å²) in [4.78, 5) is 24.1. The van der Waals surface area contributed by atoms with Gasteiger partial charge in [-0.05, 0) is 41.8 Å². The van der Waals surface area contributed by atoms with Crippen molar-refractivity contribution in [3.05, 3.63) is 22.4 Å². The Kier molecular flexibility index (Phi) is 3.75. The number of amides is 3. The summed E-state index contributed by atoms with van der Waals surface area (Å²) < 4.78 is 0. The normalized spacial score (nSPS) is 20.4. The summed E-state index contributed by atoms with van der Waals surface area (Å²) in [5, 5.41) is 6.24. The van der Waals surface area contributed by atoms with E-state index >= 15 is 0 Å². The van der Waals surface area contributed by atoms with Crippen LogP contribution in [0.5, 0.6) is 0 Å². The molecule has 0 aliphatic carbocycles. The van der Waals surface area contributed by atoms with Crippen LogP contribution in [0.4, 0.5) is 4.79 Å². The van der Waals surface area contributed by atoms with E-state index in [-0.39, 0.29) is 12.5 Å². The molecule has 1 aliphatic heterocycles. The number of rotatable bonds is 3. The van der Waals surface area contributed by atoms with E-state index in [0.29, 0.717) is 6.04 Å². The minimum atomic E-state index is -0.790. The molecule has 0 saturated carbocycles. The molecule has 1 fully saturated rings. The summed E-state index contributed by atoms with van der Waals surface area (Å²) in [7, 11) is 0. The number of imide groups is 1. The highest BCUT2D eigenvalue weighted by Gasteiger charge is 2.27. The lowest BCUT2D eigenvalue weighted by Crippen LogP contribution is -2.42. The molecular weight excluding hydrogens is 238 g/mol. The average molecular weight is 253 g/mol. The van der Waals surface area contributed by atoms with Gasteiger partial charge >= 0.3 is 6.03 Å². The molecule has 0 radical (unpaired) electrons. The first-order valence-electron chi connectivity index (χ1n) is 5.52. The van der Waals surface area contributed by atoms with Crippen LogP contribution in [-0.4, -0.2) is 29.9 Å². The van der Waals surface area contributed by atoms with E-state index in [1.54, 1.807) is 11.3 Å². The van der Waals surface area contributed by atoms with Gasteiger partial charge < -0.3 is 5.73 Å². The maximum atomic E-state index is 11.5. The Bertz CT molecular complexity index is 405. The van der Waals surface area contributed by atoms with Gasteiger partial charge in [0.2, 0.25) is 5.91 Å². The average Bonchev–Trinajstić information content (AvgIpc) is 2.84. The molecule has 3 N–H and O–H groups in total. The molecule has 2 heterocycles. The Hall–Kier alpha value is -1.40. The molecule has 2 rings (SSSR count). The van der Waals surface area contributed by atoms with Gasteiger partial charge in [0.05, 0.1) is 6.54 Å². The van der Waals surface area contributed by atoms with E-state index in [1.165, 1.54) is 5.56 Å². The van der Waals surface area contributed by atoms with Gasteiger partial charge in [-0.15, -0.1) is 0 Å². The van der Waals surface area contributed by atoms with Gasteiger partial charge in [0.25, 0.3) is 0 Å². The first-order valence-corrected chi connectivity index (χ1v) is 6.46. The zero-order chi connectivity index (χ0) is 12.3. The van der Waals surface area contributed by atoms with Gasteiger partial charge in [-0.3, -0.25) is 15.0 Å². The smallest absolute Gasteiger partial charge is 0.318 e. The molecule has 17 heavy (non-hydrogen) atoms. The molecule has 1 aliphatic rings. The maximum absolute atomic E-state index is 11.5. The van der Waals surface area contributed by atoms with Gasteiger partial charge in [0.15, 0.2) is 0 Å². The molecule has 3 amide bonds. The molecule has 0 bridgehead atoms. The second kappa shape index (κ2) is 5.29. The topological polar surface area (TPSA) is 75.4 Å². The zero-order valence-electron chi connectivity index (χ0n) is 9.39. The monoisotopic (exact) mass is 253 g/mol. The predicted molar refractivity (Wildman–Crippen MR) is 65.6 cm³/mol. The van der Waals surface area contributed by atoms with Crippen LogP contribution in [0.15, 0.2) is 16.8 Å². The highest BCUT2D eigenvalue weighted by molar-refractivity contribution is 7.07. The molecule has 92 valence electrons. The number of nitrogens with zero attached hydrogens (tertiary/aromatic N) is 1. The molecule has 0 unspecified atom stereocenters. The molecular formula is C11H15N3O2S. The molecule has 1 aromatic rings. The Labute approximate surface area is 104 Å². The third kappa shape index (κ3) is 3.04. The Morgan fingerprint density at radius 3 is 3.06 bits per heavy atom. The third-order valence-corrected chi connectivity index (χ3v) is 3.60. The predicted octanol–water partition coefficient (Wildman–Crippen LogP) is 1.08. The van der Waals surface area contributed by atoms with Crippen LogP contribution in [-0.2, 0) is 4.79 Å². The molecule has 0 aromatic carbocycles. The van der Waals surface area contributed by atoms with Crippen LogP contribution in [0.25, 0.3) is 0 Å². The van der Waals surface area contributed by atoms with E-state index in [9.17, 15) is 9.59 Å². The summed E-state index contributed by atoms with van der Waals surface area (Å²) >= 11 is 1.66. The second-order valence-electron chi connectivity index (χ2n) is 4.10. The van der Waals surface area contributed by atoms with E-state index < -0.39 is 6.03 Å². The summed E-state index contributed by atoms with van der Waals surface area (Å²) in [5.41, 5.74) is 6.16. The number of likely N-dealkylation sites (tertiary alicyclic amines) is 1. The van der Waals surface area contributed by atoms with E-state index in [1.807, 2.05) is 5.38 Å². The number of hydrogen-bond donors (Lipinski definition) is 2.